The zero-order valence-electron chi connectivity index (χ0n) is 21.7. The first-order chi connectivity index (χ1) is 17.2. The van der Waals surface area contributed by atoms with Gasteiger partial charge in [-0.25, -0.2) is 0 Å². The fraction of sp³-hybridized carbons (Fsp3) is 0.516. The van der Waals surface area contributed by atoms with Gasteiger partial charge in [-0.15, -0.1) is 0 Å². The number of halogens is 1. The lowest BCUT2D eigenvalue weighted by Gasteiger charge is -2.44. The van der Waals surface area contributed by atoms with Crippen LogP contribution >= 0.6 is 0 Å². The Kier molecular flexibility index (Phi) is 9.51. The molecule has 0 unspecified atom stereocenters. The van der Waals surface area contributed by atoms with Crippen LogP contribution in [0, 0.1) is 0 Å². The Hall–Kier alpha value is -1.86. The Morgan fingerprint density at radius 3 is 2.19 bits per heavy atom. The molecule has 2 heterocycles. The van der Waals surface area contributed by atoms with Crippen molar-refractivity contribution in [2.75, 3.05) is 26.2 Å². The zero-order valence-corrected chi connectivity index (χ0v) is 23.8. The van der Waals surface area contributed by atoms with Gasteiger partial charge in [0.15, 0.2) is 0 Å². The number of quaternary nitrogens is 1. The van der Waals surface area contributed by atoms with Gasteiger partial charge in [-0.1, -0.05) is 61.7 Å². The lowest BCUT2D eigenvalue weighted by atomic mass is 9.86. The third-order valence-electron chi connectivity index (χ3n) is 8.54. The topological polar surface area (TPSA) is 38.3 Å². The lowest BCUT2D eigenvalue weighted by molar-refractivity contribution is -0.927. The smallest absolute Gasteiger partial charge is 0.232 e. The number of piperidine rings is 1. The first-order valence-electron chi connectivity index (χ1n) is 13.9. The molecule has 2 aromatic rings. The van der Waals surface area contributed by atoms with Crippen molar-refractivity contribution in [1.29, 1.82) is 0 Å². The van der Waals surface area contributed by atoms with Crippen LogP contribution in [0.5, 0.6) is 11.5 Å². The van der Waals surface area contributed by atoms with Crippen LogP contribution in [0.1, 0.15) is 81.8 Å². The molecule has 1 amide bonds. The molecule has 194 valence electrons. The molecule has 3 aliphatic rings. The predicted octanol–water partition coefficient (Wildman–Crippen LogP) is 3.71. The quantitative estimate of drug-likeness (QED) is 0.323. The molecule has 2 aromatic carbocycles. The van der Waals surface area contributed by atoms with E-state index in [-0.39, 0.29) is 41.8 Å². The van der Waals surface area contributed by atoms with E-state index in [1.165, 1.54) is 62.5 Å². The molecule has 1 fully saturated rings. The maximum atomic E-state index is 13.7. The van der Waals surface area contributed by atoms with Crippen LogP contribution in [0.3, 0.4) is 0 Å². The third kappa shape index (κ3) is 6.16. The van der Waals surface area contributed by atoms with Crippen molar-refractivity contribution < 1.29 is 38.0 Å². The summed E-state index contributed by atoms with van der Waals surface area (Å²) >= 11 is 0. The van der Waals surface area contributed by atoms with E-state index in [1.807, 2.05) is 48.5 Å². The molecular formula is C31H41IN2O2. The highest BCUT2D eigenvalue weighted by molar-refractivity contribution is 5.89. The summed E-state index contributed by atoms with van der Waals surface area (Å²) in [7, 11) is 0. The maximum absolute atomic E-state index is 13.7. The zero-order chi connectivity index (χ0) is 24.1. The Morgan fingerprint density at radius 2 is 1.53 bits per heavy atom. The molecule has 5 rings (SSSR count). The number of allylic oxidation sites excluding steroid dienone is 1. The molecule has 0 bridgehead atoms. The number of nitrogens with zero attached hydrogens (tertiary/aromatic N) is 1. The van der Waals surface area contributed by atoms with Crippen molar-refractivity contribution in [2.24, 2.45) is 0 Å². The standard InChI is InChI=1S/C31H40N2O2.HI/c1-2-33(23-24-13-7-5-3-4-6-8-14-24)21-19-25(20-22-33)32-31(34)30-26-15-9-11-17-28(26)35-29-18-12-10-16-27(29)30;/h9-13,15-18,25,30H,2-8,14,19-23H2,1H3;1H/b24-13+;/t25-,33-;. The lowest BCUT2D eigenvalue weighted by Crippen LogP contribution is -3.00. The number of nitrogens with one attached hydrogen (secondary N) is 1. The second kappa shape index (κ2) is 12.6. The number of carbonyl (C=O) groups excluding carboxylic acids is 1. The summed E-state index contributed by atoms with van der Waals surface area (Å²) in [4.78, 5) is 13.7. The molecule has 4 nitrogen and oxygen atoms in total. The van der Waals surface area contributed by atoms with Gasteiger partial charge in [-0.2, -0.15) is 0 Å². The summed E-state index contributed by atoms with van der Waals surface area (Å²) in [6.45, 7) is 7.04. The molecule has 0 spiro atoms. The van der Waals surface area contributed by atoms with E-state index in [2.05, 4.69) is 18.3 Å². The number of rotatable bonds is 5. The van der Waals surface area contributed by atoms with Crippen LogP contribution in [0.25, 0.3) is 0 Å². The number of fused-ring (bicyclic) bond motifs is 2. The van der Waals surface area contributed by atoms with Gasteiger partial charge in [0, 0.05) is 30.0 Å². The number of likely N-dealkylation sites (tertiary alicyclic amines) is 1. The average Bonchev–Trinajstić information content (AvgIpc) is 3.02. The molecule has 0 saturated carbocycles. The molecular weight excluding hydrogens is 559 g/mol. The minimum absolute atomic E-state index is 0. The summed E-state index contributed by atoms with van der Waals surface area (Å²) in [5.74, 6) is 1.38. The fourth-order valence-electron chi connectivity index (χ4n) is 6.33. The van der Waals surface area contributed by atoms with E-state index in [4.69, 9.17) is 4.74 Å². The van der Waals surface area contributed by atoms with E-state index in [1.54, 1.807) is 5.57 Å². The van der Waals surface area contributed by atoms with Crippen molar-refractivity contribution >= 4 is 5.91 Å². The molecule has 1 saturated heterocycles. The Morgan fingerprint density at radius 1 is 0.917 bits per heavy atom. The van der Waals surface area contributed by atoms with E-state index in [0.29, 0.717) is 0 Å². The summed E-state index contributed by atoms with van der Waals surface area (Å²) in [5, 5.41) is 3.44. The van der Waals surface area contributed by atoms with E-state index >= 15 is 0 Å². The minimum atomic E-state index is -0.312. The number of likely N-dealkylation sites (N-methyl/N-ethyl adjacent to an activating group) is 1. The van der Waals surface area contributed by atoms with Gasteiger partial charge >= 0.3 is 0 Å². The van der Waals surface area contributed by atoms with Gasteiger partial charge in [-0.3, -0.25) is 4.79 Å². The van der Waals surface area contributed by atoms with Crippen molar-refractivity contribution in [3.63, 3.8) is 0 Å². The Labute approximate surface area is 234 Å². The van der Waals surface area contributed by atoms with Gasteiger partial charge in [-0.05, 0) is 50.3 Å². The number of benzene rings is 2. The summed E-state index contributed by atoms with van der Waals surface area (Å²) in [6, 6.07) is 16.2. The number of hydrogen-bond acceptors (Lipinski definition) is 2. The van der Waals surface area contributed by atoms with Crippen LogP contribution in [0.4, 0.5) is 0 Å². The molecule has 0 radical (unpaired) electrons. The second-order valence-corrected chi connectivity index (χ2v) is 10.8. The number of para-hydroxylation sites is 2. The highest BCUT2D eigenvalue weighted by Crippen LogP contribution is 2.44. The number of hydrogen-bond donors (Lipinski definition) is 1. The van der Waals surface area contributed by atoms with Crippen LogP contribution < -0.4 is 34.0 Å². The van der Waals surface area contributed by atoms with E-state index in [9.17, 15) is 4.79 Å². The maximum Gasteiger partial charge on any atom is 0.232 e. The van der Waals surface area contributed by atoms with E-state index in [0.717, 1.165) is 48.6 Å². The van der Waals surface area contributed by atoms with Gasteiger partial charge in [0.2, 0.25) is 5.91 Å². The van der Waals surface area contributed by atoms with Crippen molar-refractivity contribution in [3.8, 4) is 11.5 Å². The SMILES string of the molecule is CC[N@+]1(C/C2=C/CCCCCCC2)CC[C@H](NC(=O)C2c3ccccc3Oc3ccccc32)CC1.[I-]. The number of carbonyl (C=O) groups is 1. The third-order valence-corrected chi connectivity index (χ3v) is 8.54. The molecule has 5 heteroatoms. The fourth-order valence-corrected chi connectivity index (χ4v) is 6.33. The molecule has 36 heavy (non-hydrogen) atoms. The first kappa shape index (κ1) is 27.2. The van der Waals surface area contributed by atoms with Gasteiger partial charge in [0.1, 0.15) is 18.0 Å². The van der Waals surface area contributed by atoms with Crippen LogP contribution in [0.15, 0.2) is 60.2 Å². The molecule has 1 N–H and O–H groups in total. The summed E-state index contributed by atoms with van der Waals surface area (Å²) in [5.41, 5.74) is 3.61. The summed E-state index contributed by atoms with van der Waals surface area (Å²) in [6.07, 6.45) is 14.1. The van der Waals surface area contributed by atoms with Crippen molar-refractivity contribution in [2.45, 2.75) is 76.7 Å². The van der Waals surface area contributed by atoms with Gasteiger partial charge in [0.05, 0.1) is 25.6 Å². The highest BCUT2D eigenvalue weighted by atomic mass is 127. The predicted molar refractivity (Wildman–Crippen MR) is 142 cm³/mol. The molecule has 1 aliphatic carbocycles. The van der Waals surface area contributed by atoms with Gasteiger partial charge < -0.3 is 38.5 Å². The van der Waals surface area contributed by atoms with E-state index < -0.39 is 0 Å². The highest BCUT2D eigenvalue weighted by Gasteiger charge is 2.37. The van der Waals surface area contributed by atoms with Crippen LogP contribution in [-0.4, -0.2) is 42.6 Å². The minimum Gasteiger partial charge on any atom is -1.00 e. The Balaban J connectivity index is 0.00000304. The van der Waals surface area contributed by atoms with Crippen LogP contribution in [-0.2, 0) is 4.79 Å². The number of amides is 1. The largest absolute Gasteiger partial charge is 1.00 e. The molecule has 0 atom stereocenters. The molecule has 0 aromatic heterocycles. The number of ether oxygens (including phenoxy) is 1. The van der Waals surface area contributed by atoms with Crippen LogP contribution in [0.2, 0.25) is 0 Å². The van der Waals surface area contributed by atoms with Crippen molar-refractivity contribution in [3.05, 3.63) is 71.3 Å². The Bertz CT molecular complexity index is 1010. The van der Waals surface area contributed by atoms with Crippen molar-refractivity contribution in [1.82, 2.24) is 5.32 Å². The summed E-state index contributed by atoms with van der Waals surface area (Å²) < 4.78 is 7.28. The monoisotopic (exact) mass is 600 g/mol. The average molecular weight is 601 g/mol. The second-order valence-electron chi connectivity index (χ2n) is 10.8. The first-order valence-corrected chi connectivity index (χ1v) is 13.9. The van der Waals surface area contributed by atoms with Gasteiger partial charge in [0.25, 0.3) is 0 Å². The molecule has 2 aliphatic heterocycles. The normalized spacial score (nSPS) is 25.8.